The van der Waals surface area contributed by atoms with Crippen LogP contribution in [0.1, 0.15) is 63.2 Å². The van der Waals surface area contributed by atoms with Gasteiger partial charge in [0.15, 0.2) is 15.6 Å². The molecule has 0 aliphatic rings. The van der Waals surface area contributed by atoms with E-state index in [-0.39, 0.29) is 17.5 Å². The maximum absolute atomic E-state index is 12.2. The van der Waals surface area contributed by atoms with E-state index in [2.05, 4.69) is 6.92 Å². The summed E-state index contributed by atoms with van der Waals surface area (Å²) in [6, 6.07) is 6.34. The van der Waals surface area contributed by atoms with Gasteiger partial charge >= 0.3 is 0 Å². The molecule has 0 bridgehead atoms. The molecule has 21 heavy (non-hydrogen) atoms. The standard InChI is InChI=1S/C17H26O3S/c1-4-5-6-7-8-13-21(19,20)16-11-9-15(10-12-16)17(18)14(2)3/h9-12,14H,4-8,13H2,1-3H3. The number of carbonyl (C=O) groups excluding carboxylic acids is 1. The fourth-order valence-electron chi connectivity index (χ4n) is 2.17. The summed E-state index contributed by atoms with van der Waals surface area (Å²) in [7, 11) is -3.22. The van der Waals surface area contributed by atoms with Crippen LogP contribution in [0.5, 0.6) is 0 Å². The maximum Gasteiger partial charge on any atom is 0.178 e. The normalized spacial score (nSPS) is 11.8. The Bertz CT molecular complexity index is 542. The second-order valence-corrected chi connectivity index (χ2v) is 7.89. The van der Waals surface area contributed by atoms with E-state index in [1.807, 2.05) is 13.8 Å². The molecule has 0 unspecified atom stereocenters. The molecule has 1 aromatic carbocycles. The lowest BCUT2D eigenvalue weighted by Gasteiger charge is -2.07. The van der Waals surface area contributed by atoms with E-state index in [4.69, 9.17) is 0 Å². The number of benzene rings is 1. The third-order valence-electron chi connectivity index (χ3n) is 3.54. The largest absolute Gasteiger partial charge is 0.294 e. The van der Waals surface area contributed by atoms with Crippen LogP contribution in [0.4, 0.5) is 0 Å². The maximum atomic E-state index is 12.2. The second kappa shape index (κ2) is 8.32. The van der Waals surface area contributed by atoms with Gasteiger partial charge in [-0.25, -0.2) is 8.42 Å². The lowest BCUT2D eigenvalue weighted by molar-refractivity contribution is 0.0939. The Morgan fingerprint density at radius 2 is 1.57 bits per heavy atom. The summed E-state index contributed by atoms with van der Waals surface area (Å²) in [6.07, 6.45) is 5.06. The van der Waals surface area contributed by atoms with Crippen LogP contribution in [0.2, 0.25) is 0 Å². The van der Waals surface area contributed by atoms with Crippen LogP contribution in [0.3, 0.4) is 0 Å². The zero-order valence-corrected chi connectivity index (χ0v) is 14.1. The Balaban J connectivity index is 2.65. The van der Waals surface area contributed by atoms with Crippen molar-refractivity contribution in [1.82, 2.24) is 0 Å². The molecule has 0 atom stereocenters. The Morgan fingerprint density at radius 3 is 2.10 bits per heavy atom. The summed E-state index contributed by atoms with van der Waals surface area (Å²) in [5, 5.41) is 0. The lowest BCUT2D eigenvalue weighted by Crippen LogP contribution is -2.09. The quantitative estimate of drug-likeness (QED) is 0.505. The van der Waals surface area contributed by atoms with Crippen molar-refractivity contribution in [3.05, 3.63) is 29.8 Å². The topological polar surface area (TPSA) is 51.2 Å². The molecular weight excluding hydrogens is 284 g/mol. The molecule has 0 aliphatic heterocycles. The molecule has 0 amide bonds. The zero-order valence-electron chi connectivity index (χ0n) is 13.3. The van der Waals surface area contributed by atoms with Crippen molar-refractivity contribution in [2.24, 2.45) is 5.92 Å². The number of Topliss-reactive ketones (excluding diaryl/α,β-unsaturated/α-hetero) is 1. The second-order valence-electron chi connectivity index (χ2n) is 5.78. The number of hydrogen-bond acceptors (Lipinski definition) is 3. The van der Waals surface area contributed by atoms with Crippen molar-refractivity contribution in [2.45, 2.75) is 57.8 Å². The fraction of sp³-hybridized carbons (Fsp3) is 0.588. The molecule has 3 nitrogen and oxygen atoms in total. The van der Waals surface area contributed by atoms with E-state index in [0.29, 0.717) is 16.9 Å². The average molecular weight is 310 g/mol. The molecule has 0 fully saturated rings. The molecule has 0 aromatic heterocycles. The molecule has 0 spiro atoms. The molecule has 0 saturated heterocycles. The van der Waals surface area contributed by atoms with Crippen molar-refractivity contribution in [3.8, 4) is 0 Å². The monoisotopic (exact) mass is 310 g/mol. The van der Waals surface area contributed by atoms with E-state index >= 15 is 0 Å². The van der Waals surface area contributed by atoms with Gasteiger partial charge in [-0.05, 0) is 18.6 Å². The smallest absolute Gasteiger partial charge is 0.178 e. The van der Waals surface area contributed by atoms with Gasteiger partial charge < -0.3 is 0 Å². The predicted molar refractivity (Wildman–Crippen MR) is 86.4 cm³/mol. The summed E-state index contributed by atoms with van der Waals surface area (Å²) in [5.41, 5.74) is 0.576. The third kappa shape index (κ3) is 5.62. The number of unbranched alkanes of at least 4 members (excludes halogenated alkanes) is 4. The van der Waals surface area contributed by atoms with Crippen molar-refractivity contribution in [1.29, 1.82) is 0 Å². The van der Waals surface area contributed by atoms with Gasteiger partial charge in [0, 0.05) is 11.5 Å². The number of hydrogen-bond donors (Lipinski definition) is 0. The van der Waals surface area contributed by atoms with Crippen molar-refractivity contribution >= 4 is 15.6 Å². The van der Waals surface area contributed by atoms with E-state index in [1.54, 1.807) is 24.3 Å². The van der Waals surface area contributed by atoms with Crippen LogP contribution in [-0.2, 0) is 9.84 Å². The Kier molecular flexibility index (Phi) is 7.09. The Morgan fingerprint density at radius 1 is 1.00 bits per heavy atom. The van der Waals surface area contributed by atoms with Gasteiger partial charge in [-0.3, -0.25) is 4.79 Å². The van der Waals surface area contributed by atoms with Gasteiger partial charge in [0.25, 0.3) is 0 Å². The van der Waals surface area contributed by atoms with Crippen LogP contribution >= 0.6 is 0 Å². The fourth-order valence-corrected chi connectivity index (χ4v) is 3.54. The van der Waals surface area contributed by atoms with Crippen LogP contribution in [-0.4, -0.2) is 20.0 Å². The van der Waals surface area contributed by atoms with E-state index in [1.165, 1.54) is 0 Å². The van der Waals surface area contributed by atoms with Gasteiger partial charge in [0.2, 0.25) is 0 Å². The van der Waals surface area contributed by atoms with Crippen LogP contribution in [0, 0.1) is 5.92 Å². The molecule has 0 saturated carbocycles. The summed E-state index contributed by atoms with van der Waals surface area (Å²) in [5.74, 6) is 0.151. The highest BCUT2D eigenvalue weighted by atomic mass is 32.2. The molecule has 0 aliphatic carbocycles. The first-order chi connectivity index (χ1) is 9.88. The molecule has 1 aromatic rings. The summed E-state index contributed by atoms with van der Waals surface area (Å²) >= 11 is 0. The molecule has 0 N–H and O–H groups in total. The highest BCUT2D eigenvalue weighted by molar-refractivity contribution is 7.91. The van der Waals surface area contributed by atoms with Crippen LogP contribution in [0.15, 0.2) is 29.2 Å². The van der Waals surface area contributed by atoms with E-state index in [0.717, 1.165) is 25.7 Å². The summed E-state index contributed by atoms with van der Waals surface area (Å²) in [4.78, 5) is 12.1. The Hall–Kier alpha value is -1.16. The lowest BCUT2D eigenvalue weighted by atomic mass is 10.0. The minimum atomic E-state index is -3.22. The van der Waals surface area contributed by atoms with E-state index < -0.39 is 9.84 Å². The van der Waals surface area contributed by atoms with Crippen LogP contribution < -0.4 is 0 Å². The molecular formula is C17H26O3S. The van der Waals surface area contributed by atoms with Crippen molar-refractivity contribution < 1.29 is 13.2 Å². The number of ketones is 1. The van der Waals surface area contributed by atoms with Gasteiger partial charge in [0.05, 0.1) is 10.6 Å². The van der Waals surface area contributed by atoms with E-state index in [9.17, 15) is 13.2 Å². The van der Waals surface area contributed by atoms with Crippen LogP contribution in [0.25, 0.3) is 0 Å². The van der Waals surface area contributed by atoms with Gasteiger partial charge in [-0.15, -0.1) is 0 Å². The SMILES string of the molecule is CCCCCCCS(=O)(=O)c1ccc(C(=O)C(C)C)cc1. The number of sulfone groups is 1. The number of rotatable bonds is 9. The minimum absolute atomic E-state index is 0.0403. The molecule has 0 radical (unpaired) electrons. The van der Waals surface area contributed by atoms with Gasteiger partial charge in [-0.1, -0.05) is 58.6 Å². The summed E-state index contributed by atoms with van der Waals surface area (Å²) in [6.45, 7) is 5.81. The first kappa shape index (κ1) is 17.9. The highest BCUT2D eigenvalue weighted by Crippen LogP contribution is 2.16. The predicted octanol–water partition coefficient (Wildman–Crippen LogP) is 4.27. The van der Waals surface area contributed by atoms with Gasteiger partial charge in [-0.2, -0.15) is 0 Å². The summed E-state index contributed by atoms with van der Waals surface area (Å²) < 4.78 is 24.4. The number of carbonyl (C=O) groups is 1. The van der Waals surface area contributed by atoms with Crippen molar-refractivity contribution in [2.75, 3.05) is 5.75 Å². The third-order valence-corrected chi connectivity index (χ3v) is 5.36. The first-order valence-electron chi connectivity index (χ1n) is 7.75. The molecule has 1 rings (SSSR count). The molecule has 0 heterocycles. The first-order valence-corrected chi connectivity index (χ1v) is 9.40. The van der Waals surface area contributed by atoms with Crippen molar-refractivity contribution in [3.63, 3.8) is 0 Å². The molecule has 4 heteroatoms. The Labute approximate surface area is 128 Å². The minimum Gasteiger partial charge on any atom is -0.294 e. The van der Waals surface area contributed by atoms with Gasteiger partial charge in [0.1, 0.15) is 0 Å². The molecule has 118 valence electrons. The average Bonchev–Trinajstić information content (AvgIpc) is 2.46. The zero-order chi connectivity index (χ0) is 15.9. The highest BCUT2D eigenvalue weighted by Gasteiger charge is 2.16.